The second kappa shape index (κ2) is 7.61. The zero-order chi connectivity index (χ0) is 15.4. The zero-order valence-corrected chi connectivity index (χ0v) is 15.1. The van der Waals surface area contributed by atoms with E-state index in [0.29, 0.717) is 0 Å². The molecular weight excluding hydrogens is 326 g/mol. The Bertz CT molecular complexity index is 453. The smallest absolute Gasteiger partial charge is 0.0375 e. The first-order chi connectivity index (χ1) is 9.95. The Labute approximate surface area is 137 Å². The number of anilines is 1. The molecular formula is C17H28BrN3. The van der Waals surface area contributed by atoms with Crippen LogP contribution in [-0.2, 0) is 6.42 Å². The number of rotatable bonds is 5. The van der Waals surface area contributed by atoms with Gasteiger partial charge in [0.2, 0.25) is 0 Å². The van der Waals surface area contributed by atoms with E-state index in [1.807, 2.05) is 6.92 Å². The maximum Gasteiger partial charge on any atom is 0.0375 e. The molecule has 21 heavy (non-hydrogen) atoms. The van der Waals surface area contributed by atoms with E-state index in [-0.39, 0.29) is 6.04 Å². The Balaban J connectivity index is 1.96. The van der Waals surface area contributed by atoms with Crippen LogP contribution >= 0.6 is 15.9 Å². The normalized spacial score (nSPS) is 18.7. The number of piperidine rings is 1. The minimum absolute atomic E-state index is 0.198. The Morgan fingerprint density at radius 1 is 1.38 bits per heavy atom. The number of halogens is 1. The highest BCUT2D eigenvalue weighted by Crippen LogP contribution is 2.26. The molecule has 0 amide bonds. The molecule has 4 heteroatoms. The van der Waals surface area contributed by atoms with Crippen molar-refractivity contribution in [2.45, 2.75) is 32.2 Å². The maximum absolute atomic E-state index is 5.89. The van der Waals surface area contributed by atoms with E-state index in [0.717, 1.165) is 18.9 Å². The molecule has 3 nitrogen and oxygen atoms in total. The summed E-state index contributed by atoms with van der Waals surface area (Å²) >= 11 is 3.69. The van der Waals surface area contributed by atoms with Crippen LogP contribution in [0, 0.1) is 5.92 Å². The van der Waals surface area contributed by atoms with E-state index >= 15 is 0 Å². The molecule has 0 aliphatic carbocycles. The van der Waals surface area contributed by atoms with Crippen molar-refractivity contribution in [3.8, 4) is 0 Å². The highest BCUT2D eigenvalue weighted by molar-refractivity contribution is 9.10. The van der Waals surface area contributed by atoms with Crippen LogP contribution < -0.4 is 10.6 Å². The summed E-state index contributed by atoms with van der Waals surface area (Å²) in [7, 11) is 4.42. The van der Waals surface area contributed by atoms with Gasteiger partial charge in [0.25, 0.3) is 0 Å². The number of nitrogens with two attached hydrogens (primary N) is 1. The lowest BCUT2D eigenvalue weighted by molar-refractivity contribution is 0.222. The van der Waals surface area contributed by atoms with Crippen molar-refractivity contribution in [2.24, 2.45) is 11.7 Å². The van der Waals surface area contributed by atoms with Gasteiger partial charge in [-0.2, -0.15) is 0 Å². The van der Waals surface area contributed by atoms with Crippen molar-refractivity contribution in [1.29, 1.82) is 0 Å². The van der Waals surface area contributed by atoms with Crippen LogP contribution in [0.2, 0.25) is 0 Å². The standard InChI is InChI=1S/C17H28BrN3/c1-13(19)10-15-4-5-16(11-17(15)18)21(3)12-14-6-8-20(2)9-7-14/h4-5,11,13-14H,6-10,12,19H2,1-3H3. The molecule has 2 rings (SSSR count). The summed E-state index contributed by atoms with van der Waals surface area (Å²) in [5, 5.41) is 0. The maximum atomic E-state index is 5.89. The monoisotopic (exact) mass is 353 g/mol. The Kier molecular flexibility index (Phi) is 6.08. The summed E-state index contributed by atoms with van der Waals surface area (Å²) in [6.07, 6.45) is 3.54. The van der Waals surface area contributed by atoms with E-state index in [4.69, 9.17) is 5.73 Å². The van der Waals surface area contributed by atoms with Crippen LogP contribution in [0.25, 0.3) is 0 Å². The molecule has 1 saturated heterocycles. The van der Waals surface area contributed by atoms with Gasteiger partial charge < -0.3 is 15.5 Å². The second-order valence-electron chi connectivity index (χ2n) is 6.58. The molecule has 1 aliphatic heterocycles. The molecule has 0 bridgehead atoms. The van der Waals surface area contributed by atoms with E-state index < -0.39 is 0 Å². The fourth-order valence-corrected chi connectivity index (χ4v) is 3.55. The van der Waals surface area contributed by atoms with Gasteiger partial charge in [-0.05, 0) is 69.9 Å². The van der Waals surface area contributed by atoms with E-state index in [2.05, 4.69) is 58.0 Å². The average molecular weight is 354 g/mol. The van der Waals surface area contributed by atoms with Gasteiger partial charge in [0.1, 0.15) is 0 Å². The molecule has 1 aromatic rings. The van der Waals surface area contributed by atoms with Crippen molar-refractivity contribution in [3.63, 3.8) is 0 Å². The minimum Gasteiger partial charge on any atom is -0.374 e. The largest absolute Gasteiger partial charge is 0.374 e. The number of benzene rings is 1. The fraction of sp³-hybridized carbons (Fsp3) is 0.647. The first kappa shape index (κ1) is 16.8. The molecule has 0 radical (unpaired) electrons. The third kappa shape index (κ3) is 4.97. The van der Waals surface area contributed by atoms with Gasteiger partial charge in [0.05, 0.1) is 0 Å². The number of hydrogen-bond acceptors (Lipinski definition) is 3. The van der Waals surface area contributed by atoms with Crippen LogP contribution in [0.5, 0.6) is 0 Å². The molecule has 118 valence electrons. The third-order valence-electron chi connectivity index (χ3n) is 4.39. The lowest BCUT2D eigenvalue weighted by Gasteiger charge is -2.32. The minimum atomic E-state index is 0.198. The van der Waals surface area contributed by atoms with Gasteiger partial charge in [-0.25, -0.2) is 0 Å². The highest BCUT2D eigenvalue weighted by atomic mass is 79.9. The zero-order valence-electron chi connectivity index (χ0n) is 13.5. The van der Waals surface area contributed by atoms with Crippen molar-refractivity contribution >= 4 is 21.6 Å². The predicted molar refractivity (Wildman–Crippen MR) is 95.0 cm³/mol. The Morgan fingerprint density at radius 3 is 2.62 bits per heavy atom. The summed E-state index contributed by atoms with van der Waals surface area (Å²) in [5.74, 6) is 0.814. The van der Waals surface area contributed by atoms with E-state index in [1.54, 1.807) is 0 Å². The summed E-state index contributed by atoms with van der Waals surface area (Å²) in [4.78, 5) is 4.81. The van der Waals surface area contributed by atoms with Crippen LogP contribution in [-0.4, -0.2) is 44.7 Å². The SMILES string of the molecule is CC(N)Cc1ccc(N(C)CC2CCN(C)CC2)cc1Br. The molecule has 2 N–H and O–H groups in total. The predicted octanol–water partition coefficient (Wildman–Crippen LogP) is 3.12. The van der Waals surface area contributed by atoms with Gasteiger partial charge in [-0.1, -0.05) is 22.0 Å². The van der Waals surface area contributed by atoms with Crippen molar-refractivity contribution in [2.75, 3.05) is 38.6 Å². The summed E-state index contributed by atoms with van der Waals surface area (Å²) < 4.78 is 1.17. The lowest BCUT2D eigenvalue weighted by atomic mass is 9.96. The topological polar surface area (TPSA) is 32.5 Å². The van der Waals surface area contributed by atoms with Crippen molar-refractivity contribution in [3.05, 3.63) is 28.2 Å². The van der Waals surface area contributed by atoms with Crippen LogP contribution in [0.4, 0.5) is 5.69 Å². The van der Waals surface area contributed by atoms with Gasteiger partial charge in [-0.3, -0.25) is 0 Å². The third-order valence-corrected chi connectivity index (χ3v) is 5.13. The fourth-order valence-electron chi connectivity index (χ4n) is 3.02. The van der Waals surface area contributed by atoms with Gasteiger partial charge in [-0.15, -0.1) is 0 Å². The van der Waals surface area contributed by atoms with Crippen LogP contribution in [0.3, 0.4) is 0 Å². The molecule has 1 unspecified atom stereocenters. The van der Waals surface area contributed by atoms with E-state index in [1.165, 1.54) is 41.7 Å². The van der Waals surface area contributed by atoms with Crippen LogP contribution in [0.15, 0.2) is 22.7 Å². The highest BCUT2D eigenvalue weighted by Gasteiger charge is 2.18. The summed E-state index contributed by atoms with van der Waals surface area (Å²) in [6.45, 7) is 5.66. The Morgan fingerprint density at radius 2 is 2.05 bits per heavy atom. The first-order valence-electron chi connectivity index (χ1n) is 7.89. The number of hydrogen-bond donors (Lipinski definition) is 1. The molecule has 0 aromatic heterocycles. The molecule has 1 fully saturated rings. The van der Waals surface area contributed by atoms with E-state index in [9.17, 15) is 0 Å². The lowest BCUT2D eigenvalue weighted by Crippen LogP contribution is -2.35. The van der Waals surface area contributed by atoms with Crippen molar-refractivity contribution < 1.29 is 0 Å². The average Bonchev–Trinajstić information content (AvgIpc) is 2.43. The van der Waals surface area contributed by atoms with Crippen LogP contribution in [0.1, 0.15) is 25.3 Å². The molecule has 1 heterocycles. The molecule has 1 aliphatic rings. The molecule has 1 atom stereocenters. The van der Waals surface area contributed by atoms with Gasteiger partial charge in [0.15, 0.2) is 0 Å². The first-order valence-corrected chi connectivity index (χ1v) is 8.68. The van der Waals surface area contributed by atoms with Gasteiger partial charge in [0, 0.05) is 29.8 Å². The molecule has 0 spiro atoms. The summed E-state index contributed by atoms with van der Waals surface area (Å²) in [5.41, 5.74) is 8.47. The summed E-state index contributed by atoms with van der Waals surface area (Å²) in [6, 6.07) is 6.85. The van der Waals surface area contributed by atoms with Crippen molar-refractivity contribution in [1.82, 2.24) is 4.90 Å². The second-order valence-corrected chi connectivity index (χ2v) is 7.44. The number of likely N-dealkylation sites (tertiary alicyclic amines) is 1. The number of nitrogens with zero attached hydrogens (tertiary/aromatic N) is 2. The quantitative estimate of drug-likeness (QED) is 0.882. The Hall–Kier alpha value is -0.580. The molecule has 1 aromatic carbocycles. The molecule has 0 saturated carbocycles. The van der Waals surface area contributed by atoms with Gasteiger partial charge >= 0.3 is 0 Å².